The van der Waals surface area contributed by atoms with Gasteiger partial charge in [0.2, 0.25) is 0 Å². The molecule has 1 aromatic carbocycles. The summed E-state index contributed by atoms with van der Waals surface area (Å²) >= 11 is 1.75. The Labute approximate surface area is 136 Å². The Kier molecular flexibility index (Phi) is 4.34. The van der Waals surface area contributed by atoms with Crippen molar-refractivity contribution in [1.82, 2.24) is 5.32 Å². The van der Waals surface area contributed by atoms with E-state index < -0.39 is 0 Å². The minimum Gasteiger partial charge on any atom is -0.351 e. The molecular weight excluding hydrogens is 290 g/mol. The Balaban J connectivity index is 1.74. The van der Waals surface area contributed by atoms with E-state index in [1.165, 1.54) is 31.2 Å². The molecule has 1 saturated carbocycles. The summed E-state index contributed by atoms with van der Waals surface area (Å²) in [5.41, 5.74) is 4.60. The first-order valence-electron chi connectivity index (χ1n) is 7.98. The van der Waals surface area contributed by atoms with E-state index in [1.807, 2.05) is 26.0 Å². The Bertz CT molecular complexity index is 634. The Morgan fingerprint density at radius 1 is 1.18 bits per heavy atom. The van der Waals surface area contributed by atoms with Gasteiger partial charge in [0.15, 0.2) is 0 Å². The van der Waals surface area contributed by atoms with Crippen molar-refractivity contribution < 1.29 is 4.79 Å². The predicted octanol–water partition coefficient (Wildman–Crippen LogP) is 4.61. The molecule has 3 rings (SSSR count). The zero-order valence-electron chi connectivity index (χ0n) is 13.3. The van der Waals surface area contributed by atoms with Crippen molar-refractivity contribution in [3.63, 3.8) is 0 Å². The number of carbonyl (C=O) groups is 1. The van der Waals surface area contributed by atoms with Gasteiger partial charge in [-0.15, -0.1) is 0 Å². The van der Waals surface area contributed by atoms with Gasteiger partial charge in [-0.1, -0.05) is 30.0 Å². The second kappa shape index (κ2) is 6.25. The molecule has 0 radical (unpaired) electrons. The number of hydrogen-bond donors (Lipinski definition) is 1. The third kappa shape index (κ3) is 3.09. The molecule has 0 spiro atoms. The van der Waals surface area contributed by atoms with Gasteiger partial charge in [-0.25, -0.2) is 0 Å². The maximum Gasteiger partial charge on any atom is 0.251 e. The van der Waals surface area contributed by atoms with Crippen LogP contribution in [0.1, 0.15) is 52.7 Å². The van der Waals surface area contributed by atoms with Crippen molar-refractivity contribution in [2.75, 3.05) is 6.54 Å². The Hall–Kier alpha value is -1.61. The largest absolute Gasteiger partial charge is 0.351 e. The van der Waals surface area contributed by atoms with Crippen LogP contribution in [0.25, 0.3) is 0 Å². The van der Waals surface area contributed by atoms with Gasteiger partial charge in [-0.3, -0.25) is 4.79 Å². The second-order valence-electron chi connectivity index (χ2n) is 6.56. The minimum absolute atomic E-state index is 0.0494. The molecule has 22 heavy (non-hydrogen) atoms. The van der Waals surface area contributed by atoms with E-state index in [0.717, 1.165) is 23.2 Å². The molecule has 1 heterocycles. The molecule has 1 amide bonds. The minimum atomic E-state index is 0.0494. The summed E-state index contributed by atoms with van der Waals surface area (Å²) in [7, 11) is 0. The fraction of sp³-hybridized carbons (Fsp3) is 0.421. The Morgan fingerprint density at radius 3 is 2.45 bits per heavy atom. The number of hydrogen-bond acceptors (Lipinski definition) is 2. The van der Waals surface area contributed by atoms with Gasteiger partial charge >= 0.3 is 0 Å². The third-order valence-corrected chi connectivity index (χ3v) is 5.45. The smallest absolute Gasteiger partial charge is 0.251 e. The van der Waals surface area contributed by atoms with Gasteiger partial charge in [-0.05, 0) is 61.2 Å². The maximum absolute atomic E-state index is 12.5. The molecule has 0 atom stereocenters. The monoisotopic (exact) mass is 313 g/mol. The lowest BCUT2D eigenvalue weighted by molar-refractivity contribution is 0.0943. The van der Waals surface area contributed by atoms with Gasteiger partial charge < -0.3 is 5.32 Å². The number of amides is 1. The number of aryl methyl sites for hydroxylation is 2. The van der Waals surface area contributed by atoms with E-state index in [-0.39, 0.29) is 11.3 Å². The number of benzene rings is 1. The fourth-order valence-corrected chi connectivity index (χ4v) is 4.42. The normalized spacial score (nSPS) is 16.6. The highest BCUT2D eigenvalue weighted by Crippen LogP contribution is 2.41. The number of thiophene rings is 1. The van der Waals surface area contributed by atoms with Crippen LogP contribution in [0.5, 0.6) is 0 Å². The number of carbonyl (C=O) groups excluding carboxylic acids is 1. The summed E-state index contributed by atoms with van der Waals surface area (Å²) in [4.78, 5) is 12.5. The molecule has 1 aromatic heterocycles. The van der Waals surface area contributed by atoms with E-state index in [1.54, 1.807) is 11.3 Å². The van der Waals surface area contributed by atoms with E-state index in [4.69, 9.17) is 0 Å². The highest BCUT2D eigenvalue weighted by Gasteiger charge is 2.36. The van der Waals surface area contributed by atoms with Gasteiger partial charge in [0.05, 0.1) is 0 Å². The van der Waals surface area contributed by atoms with Crippen molar-refractivity contribution >= 4 is 17.2 Å². The summed E-state index contributed by atoms with van der Waals surface area (Å²) in [6.45, 7) is 4.82. The van der Waals surface area contributed by atoms with Gasteiger partial charge in [0.1, 0.15) is 0 Å². The molecule has 1 aliphatic rings. The van der Waals surface area contributed by atoms with Crippen LogP contribution in [-0.2, 0) is 5.41 Å². The van der Waals surface area contributed by atoms with E-state index >= 15 is 0 Å². The molecule has 1 N–H and O–H groups in total. The lowest BCUT2D eigenvalue weighted by atomic mass is 9.80. The van der Waals surface area contributed by atoms with Gasteiger partial charge in [0.25, 0.3) is 5.91 Å². The van der Waals surface area contributed by atoms with Gasteiger partial charge in [-0.2, -0.15) is 11.3 Å². The summed E-state index contributed by atoms with van der Waals surface area (Å²) in [6, 6.07) is 8.25. The van der Waals surface area contributed by atoms with Crippen LogP contribution in [0, 0.1) is 13.8 Å². The Morgan fingerprint density at radius 2 is 1.86 bits per heavy atom. The third-order valence-electron chi connectivity index (χ3n) is 4.77. The van der Waals surface area contributed by atoms with Crippen molar-refractivity contribution in [1.29, 1.82) is 0 Å². The SMILES string of the molecule is Cc1cc(C)cc(C(=O)NCC2(c3ccsc3)CCCC2)c1. The second-order valence-corrected chi connectivity index (χ2v) is 7.34. The molecule has 0 saturated heterocycles. The van der Waals surface area contributed by atoms with Crippen LogP contribution in [0.4, 0.5) is 0 Å². The first kappa shape index (κ1) is 15.3. The number of rotatable bonds is 4. The molecule has 0 aliphatic heterocycles. The zero-order chi connectivity index (χ0) is 15.6. The van der Waals surface area contributed by atoms with Crippen LogP contribution in [0.15, 0.2) is 35.0 Å². The molecule has 2 nitrogen and oxygen atoms in total. The topological polar surface area (TPSA) is 29.1 Å². The summed E-state index contributed by atoms with van der Waals surface area (Å²) < 4.78 is 0. The van der Waals surface area contributed by atoms with Crippen LogP contribution in [0.2, 0.25) is 0 Å². The van der Waals surface area contributed by atoms with Crippen LogP contribution >= 0.6 is 11.3 Å². The fourth-order valence-electron chi connectivity index (χ4n) is 3.64. The average molecular weight is 313 g/mol. The van der Waals surface area contributed by atoms with Crippen LogP contribution in [0.3, 0.4) is 0 Å². The molecule has 0 unspecified atom stereocenters. The van der Waals surface area contributed by atoms with Crippen LogP contribution in [-0.4, -0.2) is 12.5 Å². The van der Waals surface area contributed by atoms with Crippen molar-refractivity contribution in [3.8, 4) is 0 Å². The van der Waals surface area contributed by atoms with E-state index in [2.05, 4.69) is 28.2 Å². The van der Waals surface area contributed by atoms with Crippen molar-refractivity contribution in [2.24, 2.45) is 0 Å². The molecule has 0 bridgehead atoms. The molecule has 1 aliphatic carbocycles. The van der Waals surface area contributed by atoms with Crippen molar-refractivity contribution in [2.45, 2.75) is 44.9 Å². The van der Waals surface area contributed by atoms with Crippen LogP contribution < -0.4 is 5.32 Å². The summed E-state index contributed by atoms with van der Waals surface area (Å²) in [5.74, 6) is 0.0494. The zero-order valence-corrected chi connectivity index (χ0v) is 14.1. The van der Waals surface area contributed by atoms with E-state index in [9.17, 15) is 4.79 Å². The predicted molar refractivity (Wildman–Crippen MR) is 92.7 cm³/mol. The van der Waals surface area contributed by atoms with Crippen molar-refractivity contribution in [3.05, 3.63) is 57.3 Å². The highest BCUT2D eigenvalue weighted by molar-refractivity contribution is 7.08. The molecule has 2 aromatic rings. The first-order chi connectivity index (χ1) is 10.6. The first-order valence-corrected chi connectivity index (χ1v) is 8.93. The molecule has 3 heteroatoms. The molecule has 1 fully saturated rings. The summed E-state index contributed by atoms with van der Waals surface area (Å²) in [6.07, 6.45) is 4.87. The lowest BCUT2D eigenvalue weighted by Gasteiger charge is -2.28. The summed E-state index contributed by atoms with van der Waals surface area (Å²) in [5, 5.41) is 7.57. The molecule has 116 valence electrons. The molecular formula is C19H23NOS. The van der Waals surface area contributed by atoms with Gasteiger partial charge in [0, 0.05) is 17.5 Å². The number of nitrogens with one attached hydrogen (secondary N) is 1. The average Bonchev–Trinajstić information content (AvgIpc) is 3.15. The standard InChI is InChI=1S/C19H23NOS/c1-14-9-15(2)11-16(10-14)18(21)20-13-19(6-3-4-7-19)17-5-8-22-12-17/h5,8-12H,3-4,6-7,13H2,1-2H3,(H,20,21). The lowest BCUT2D eigenvalue weighted by Crippen LogP contribution is -2.38. The van der Waals surface area contributed by atoms with E-state index in [0.29, 0.717) is 0 Å². The quantitative estimate of drug-likeness (QED) is 0.877. The maximum atomic E-state index is 12.5. The highest BCUT2D eigenvalue weighted by atomic mass is 32.1.